The molecule has 1 N–H and O–H groups in total. The summed E-state index contributed by atoms with van der Waals surface area (Å²) in [7, 11) is 0. The van der Waals surface area contributed by atoms with Crippen molar-refractivity contribution in [1.29, 1.82) is 0 Å². The zero-order chi connectivity index (χ0) is 19.9. The smallest absolute Gasteiger partial charge is 0.317 e. The maximum absolute atomic E-state index is 12.4. The number of para-hydroxylation sites is 1. The second-order valence-electron chi connectivity index (χ2n) is 7.06. The minimum Gasteiger partial charge on any atom is -0.492 e. The zero-order valence-electron chi connectivity index (χ0n) is 17.0. The number of carbonyl (C=O) groups excluding carboxylic acids is 1. The lowest BCUT2D eigenvalue weighted by molar-refractivity contribution is 0.193. The van der Waals surface area contributed by atoms with Crippen molar-refractivity contribution in [2.45, 2.75) is 20.3 Å². The Balaban J connectivity index is 0.00000300. The SMILES string of the molecule is Cc1cccc(N2CCN(C(=O)NCCCOc3ccccc3Cl)CC2)c1C.Cl. The third kappa shape index (κ3) is 6.18. The molecular weight excluding hydrogens is 409 g/mol. The molecule has 3 rings (SSSR count). The number of ether oxygens (including phenoxy) is 1. The van der Waals surface area contributed by atoms with Crippen LogP contribution in [0.15, 0.2) is 42.5 Å². The van der Waals surface area contributed by atoms with E-state index in [1.54, 1.807) is 6.07 Å². The number of nitrogens with zero attached hydrogens (tertiary/aromatic N) is 2. The molecule has 0 spiro atoms. The van der Waals surface area contributed by atoms with Gasteiger partial charge in [-0.1, -0.05) is 35.9 Å². The fourth-order valence-corrected chi connectivity index (χ4v) is 3.54. The molecule has 1 aliphatic heterocycles. The highest BCUT2D eigenvalue weighted by Gasteiger charge is 2.22. The number of anilines is 1. The second-order valence-corrected chi connectivity index (χ2v) is 7.46. The van der Waals surface area contributed by atoms with E-state index in [0.29, 0.717) is 23.9 Å². The number of benzene rings is 2. The van der Waals surface area contributed by atoms with Gasteiger partial charge in [0.15, 0.2) is 0 Å². The molecule has 1 fully saturated rings. The monoisotopic (exact) mass is 437 g/mol. The first-order valence-corrected chi connectivity index (χ1v) is 10.2. The van der Waals surface area contributed by atoms with Crippen molar-refractivity contribution < 1.29 is 9.53 Å². The molecule has 7 heteroatoms. The van der Waals surface area contributed by atoms with Gasteiger partial charge in [-0.3, -0.25) is 0 Å². The topological polar surface area (TPSA) is 44.8 Å². The minimum atomic E-state index is -0.00152. The van der Waals surface area contributed by atoms with Gasteiger partial charge in [0.05, 0.1) is 11.6 Å². The molecule has 0 saturated carbocycles. The number of halogens is 2. The van der Waals surface area contributed by atoms with Gasteiger partial charge < -0.3 is 19.9 Å². The molecule has 2 aromatic rings. The summed E-state index contributed by atoms with van der Waals surface area (Å²) in [5.74, 6) is 0.679. The predicted molar refractivity (Wildman–Crippen MR) is 122 cm³/mol. The third-order valence-corrected chi connectivity index (χ3v) is 5.49. The van der Waals surface area contributed by atoms with E-state index in [4.69, 9.17) is 16.3 Å². The summed E-state index contributed by atoms with van der Waals surface area (Å²) in [4.78, 5) is 16.6. The molecule has 0 radical (unpaired) electrons. The standard InChI is InChI=1S/C22H28ClN3O2.ClH/c1-17-7-5-9-20(18(17)2)25-12-14-26(15-13-25)22(27)24-11-6-16-28-21-10-4-3-8-19(21)23;/h3-5,7-10H,6,11-16H2,1-2H3,(H,24,27);1H. The number of carbonyl (C=O) groups is 1. The highest BCUT2D eigenvalue weighted by Crippen LogP contribution is 2.24. The van der Waals surface area contributed by atoms with Crippen LogP contribution < -0.4 is 15.0 Å². The quantitative estimate of drug-likeness (QED) is 0.667. The van der Waals surface area contributed by atoms with E-state index in [9.17, 15) is 4.79 Å². The molecule has 29 heavy (non-hydrogen) atoms. The molecule has 1 aliphatic rings. The molecule has 0 atom stereocenters. The molecule has 158 valence electrons. The first kappa shape index (κ1) is 23.2. The lowest BCUT2D eigenvalue weighted by Crippen LogP contribution is -2.52. The number of rotatable bonds is 6. The zero-order valence-corrected chi connectivity index (χ0v) is 18.6. The van der Waals surface area contributed by atoms with Crippen molar-refractivity contribution >= 4 is 35.7 Å². The van der Waals surface area contributed by atoms with Crippen molar-refractivity contribution in [2.24, 2.45) is 0 Å². The van der Waals surface area contributed by atoms with Crippen LogP contribution in [0.25, 0.3) is 0 Å². The highest BCUT2D eigenvalue weighted by molar-refractivity contribution is 6.32. The summed E-state index contributed by atoms with van der Waals surface area (Å²) in [6, 6.07) is 13.8. The van der Waals surface area contributed by atoms with Gasteiger partial charge in [0.25, 0.3) is 0 Å². The van der Waals surface area contributed by atoms with Gasteiger partial charge in [0.1, 0.15) is 5.75 Å². The number of hydrogen-bond donors (Lipinski definition) is 1. The summed E-state index contributed by atoms with van der Waals surface area (Å²) in [6.07, 6.45) is 0.736. The van der Waals surface area contributed by atoms with Crippen LogP contribution in [-0.2, 0) is 0 Å². The van der Waals surface area contributed by atoms with Crippen LogP contribution in [0.1, 0.15) is 17.5 Å². The molecule has 0 aromatic heterocycles. The number of piperazine rings is 1. The van der Waals surface area contributed by atoms with Gasteiger partial charge in [-0.2, -0.15) is 0 Å². The van der Waals surface area contributed by atoms with Crippen LogP contribution in [-0.4, -0.2) is 50.3 Å². The Morgan fingerprint density at radius 3 is 2.52 bits per heavy atom. The highest BCUT2D eigenvalue weighted by atomic mass is 35.5. The van der Waals surface area contributed by atoms with E-state index in [-0.39, 0.29) is 18.4 Å². The van der Waals surface area contributed by atoms with E-state index in [0.717, 1.165) is 32.6 Å². The molecule has 2 amide bonds. The van der Waals surface area contributed by atoms with Crippen LogP contribution in [0.4, 0.5) is 10.5 Å². The Bertz CT molecular complexity index is 808. The maximum Gasteiger partial charge on any atom is 0.317 e. The van der Waals surface area contributed by atoms with Crippen LogP contribution >= 0.6 is 24.0 Å². The molecule has 1 heterocycles. The minimum absolute atomic E-state index is 0. The largest absolute Gasteiger partial charge is 0.492 e. The number of hydrogen-bond acceptors (Lipinski definition) is 3. The van der Waals surface area contributed by atoms with Crippen LogP contribution in [0.2, 0.25) is 5.02 Å². The lowest BCUT2D eigenvalue weighted by Gasteiger charge is -2.37. The lowest BCUT2D eigenvalue weighted by atomic mass is 10.1. The van der Waals surface area contributed by atoms with Crippen molar-refractivity contribution in [2.75, 3.05) is 44.2 Å². The summed E-state index contributed by atoms with van der Waals surface area (Å²) in [5.41, 5.74) is 3.90. The van der Waals surface area contributed by atoms with Gasteiger partial charge in [0.2, 0.25) is 0 Å². The Kier molecular flexibility index (Phi) is 8.93. The normalized spacial score (nSPS) is 13.6. The Hall–Kier alpha value is -2.11. The average Bonchev–Trinajstić information content (AvgIpc) is 2.71. The maximum atomic E-state index is 12.4. The summed E-state index contributed by atoms with van der Waals surface area (Å²) >= 11 is 6.06. The molecule has 0 bridgehead atoms. The van der Waals surface area contributed by atoms with Crippen molar-refractivity contribution in [3.8, 4) is 5.75 Å². The molecule has 1 saturated heterocycles. The van der Waals surface area contributed by atoms with Crippen LogP contribution in [0.3, 0.4) is 0 Å². The van der Waals surface area contributed by atoms with E-state index in [1.165, 1.54) is 16.8 Å². The number of aryl methyl sites for hydroxylation is 1. The van der Waals surface area contributed by atoms with Crippen LogP contribution in [0.5, 0.6) is 5.75 Å². The first-order chi connectivity index (χ1) is 13.6. The van der Waals surface area contributed by atoms with Crippen LogP contribution in [0, 0.1) is 13.8 Å². The molecular formula is C22H29Cl2N3O2. The van der Waals surface area contributed by atoms with Gasteiger partial charge in [-0.05, 0) is 49.6 Å². The number of nitrogens with one attached hydrogen (secondary N) is 1. The second kappa shape index (κ2) is 11.2. The van der Waals surface area contributed by atoms with E-state index in [1.807, 2.05) is 23.1 Å². The first-order valence-electron chi connectivity index (χ1n) is 9.77. The third-order valence-electron chi connectivity index (χ3n) is 5.18. The van der Waals surface area contributed by atoms with Crippen molar-refractivity contribution in [3.05, 3.63) is 58.6 Å². The number of urea groups is 1. The summed E-state index contributed by atoms with van der Waals surface area (Å²) < 4.78 is 5.64. The van der Waals surface area contributed by atoms with E-state index < -0.39 is 0 Å². The molecule has 0 unspecified atom stereocenters. The summed E-state index contributed by atoms with van der Waals surface area (Å²) in [6.45, 7) is 8.57. The Morgan fingerprint density at radius 2 is 1.79 bits per heavy atom. The van der Waals surface area contributed by atoms with E-state index in [2.05, 4.69) is 42.3 Å². The fraction of sp³-hybridized carbons (Fsp3) is 0.409. The summed E-state index contributed by atoms with van der Waals surface area (Å²) in [5, 5.41) is 3.59. The predicted octanol–water partition coefficient (Wildman–Crippen LogP) is 4.68. The average molecular weight is 438 g/mol. The van der Waals surface area contributed by atoms with Gasteiger partial charge in [-0.25, -0.2) is 4.79 Å². The number of amides is 2. The molecule has 2 aromatic carbocycles. The Morgan fingerprint density at radius 1 is 1.07 bits per heavy atom. The molecule has 5 nitrogen and oxygen atoms in total. The van der Waals surface area contributed by atoms with Crippen molar-refractivity contribution in [3.63, 3.8) is 0 Å². The van der Waals surface area contributed by atoms with Crippen molar-refractivity contribution in [1.82, 2.24) is 10.2 Å². The fourth-order valence-electron chi connectivity index (χ4n) is 3.35. The van der Waals surface area contributed by atoms with E-state index >= 15 is 0 Å². The van der Waals surface area contributed by atoms with Gasteiger partial charge >= 0.3 is 6.03 Å². The van der Waals surface area contributed by atoms with Gasteiger partial charge in [0, 0.05) is 38.4 Å². The Labute approximate surface area is 184 Å². The van der Waals surface area contributed by atoms with Gasteiger partial charge in [-0.15, -0.1) is 12.4 Å². The molecule has 0 aliphatic carbocycles.